The van der Waals surface area contributed by atoms with Crippen molar-refractivity contribution in [2.24, 2.45) is 0 Å². The molecular formula is C61H111N9O28. The van der Waals surface area contributed by atoms with Crippen LogP contribution in [0.5, 0.6) is 0 Å². The maximum absolute atomic E-state index is 12.7. The van der Waals surface area contributed by atoms with Crippen molar-refractivity contribution >= 4 is 47.1 Å². The predicted octanol–water partition coefficient (Wildman–Crippen LogP) is -8.72. The zero-order valence-electron chi connectivity index (χ0n) is 56.9. The summed E-state index contributed by atoms with van der Waals surface area (Å²) in [6, 6.07) is 0. The first-order valence-electron chi connectivity index (χ1n) is 33.6. The van der Waals surface area contributed by atoms with E-state index in [-0.39, 0.29) is 104 Å². The lowest BCUT2D eigenvalue weighted by atomic mass is 10.0. The Hall–Kier alpha value is -4.92. The normalized spacial score (nSPS) is 30.1. The number of unbranched alkanes of at least 4 members (excludes halogenated alkanes) is 4. The minimum Gasteiger partial charge on any atom is -0.388 e. The van der Waals surface area contributed by atoms with E-state index in [0.717, 1.165) is 25.7 Å². The first-order valence-corrected chi connectivity index (χ1v) is 33.6. The molecule has 0 radical (unpaired) electrons. The van der Waals surface area contributed by atoms with E-state index in [1.54, 1.807) is 0 Å². The van der Waals surface area contributed by atoms with Gasteiger partial charge in [0.05, 0.1) is 90.1 Å². The fraction of sp³-hybridized carbons (Fsp3) is 0.869. The van der Waals surface area contributed by atoms with Gasteiger partial charge in [-0.15, -0.1) is 0 Å². The number of nitrogens with one attached hydrogen (secondary N) is 7. The number of Topliss-reactive ketones (excluding diaryl/α,β-unsaturated/α-hetero) is 1. The Morgan fingerprint density at radius 1 is 0.306 bits per heavy atom. The number of ether oxygens (including phenoxy) is 8. The van der Waals surface area contributed by atoms with E-state index in [4.69, 9.17) is 37.9 Å². The Kier molecular flexibility index (Phi) is 42.1. The lowest BCUT2D eigenvalue weighted by molar-refractivity contribution is -0.292. The highest BCUT2D eigenvalue weighted by Crippen LogP contribution is 2.25. The van der Waals surface area contributed by atoms with E-state index in [1.165, 1.54) is 37.5 Å². The van der Waals surface area contributed by atoms with E-state index in [1.807, 2.05) is 13.8 Å². The van der Waals surface area contributed by atoms with E-state index >= 15 is 0 Å². The standard InChI is InChI=1S/C31H56N4O14.C30H55N5O14/c1-4-8-20(36)9-6-5-7-10-32-21(37)15-35(16-22(38)33-11-13-46-30-28(44)26(42)24(40)18(2)48-30)17-23(39)34-12-14-47-31-29(45)27(43)25(41)19(3)49-31;1-4-31-19(36)8-6-5-7-9-32-20(37)14-35(15-21(38)33-10-12-46-29-27(44)25(42)23(40)17(2)48-29)16-22(39)34-11-13-47-30-28(45)26(43)24(41)18(3)49-30/h18-19,24-31,40-45H,4-17H2,1-3H3,(H,32,37)(H,33,38)(H,34,39);17-18,23-30,40-45H,4-16H2,1-3H3,(H,31,36)(H,32,37)(H,33,38)(H,34,39)/t18-,19-,24+,25+,26+,27+,28-,29-,30-,31-;17-,18-,23+,24+,25+,26+,27-,28-,29-,30-/m00/s1. The molecule has 19 N–H and O–H groups in total. The van der Waals surface area contributed by atoms with E-state index in [0.29, 0.717) is 58.2 Å². The Morgan fingerprint density at radius 2 is 0.561 bits per heavy atom. The van der Waals surface area contributed by atoms with Crippen LogP contribution in [0.3, 0.4) is 0 Å². The van der Waals surface area contributed by atoms with E-state index in [2.05, 4.69) is 37.2 Å². The second kappa shape index (κ2) is 47.3. The van der Waals surface area contributed by atoms with Crippen molar-refractivity contribution in [3.8, 4) is 0 Å². The van der Waals surface area contributed by atoms with Gasteiger partial charge in [-0.3, -0.25) is 48.2 Å². The molecule has 0 aromatic rings. The van der Waals surface area contributed by atoms with Gasteiger partial charge in [0.2, 0.25) is 41.4 Å². The molecule has 4 fully saturated rings. The number of hydrogen-bond acceptors (Lipinski definition) is 30. The van der Waals surface area contributed by atoms with Gasteiger partial charge in [0.25, 0.3) is 0 Å². The van der Waals surface area contributed by atoms with Gasteiger partial charge in [-0.25, -0.2) is 0 Å². The number of nitrogens with zero attached hydrogens (tertiary/aromatic N) is 2. The maximum atomic E-state index is 12.7. The summed E-state index contributed by atoms with van der Waals surface area (Å²) >= 11 is 0. The first kappa shape index (κ1) is 87.3. The van der Waals surface area contributed by atoms with Gasteiger partial charge in [0.1, 0.15) is 79.0 Å². The summed E-state index contributed by atoms with van der Waals surface area (Å²) < 4.78 is 43.0. The number of amides is 7. The topological polar surface area (TPSA) is 544 Å². The molecule has 4 saturated heterocycles. The van der Waals surface area contributed by atoms with Gasteiger partial charge in [-0.2, -0.15) is 0 Å². The molecule has 0 bridgehead atoms. The molecule has 7 amide bonds. The molecule has 0 aromatic carbocycles. The number of ketones is 1. The summed E-state index contributed by atoms with van der Waals surface area (Å²) in [5.41, 5.74) is 0. The van der Waals surface area contributed by atoms with Gasteiger partial charge in [-0.05, 0) is 66.7 Å². The summed E-state index contributed by atoms with van der Waals surface area (Å²) in [5.74, 6) is -2.78. The van der Waals surface area contributed by atoms with Crippen LogP contribution in [0.15, 0.2) is 0 Å². The fourth-order valence-electron chi connectivity index (χ4n) is 10.3. The molecular weight excluding hydrogens is 1310 g/mol. The Morgan fingerprint density at radius 3 is 0.816 bits per heavy atom. The Balaban J connectivity index is 0.000000510. The van der Waals surface area contributed by atoms with E-state index < -0.39 is 158 Å². The molecule has 4 aliphatic heterocycles. The van der Waals surface area contributed by atoms with Crippen molar-refractivity contribution in [3.05, 3.63) is 0 Å². The highest BCUT2D eigenvalue weighted by Gasteiger charge is 2.46. The van der Waals surface area contributed by atoms with Crippen molar-refractivity contribution in [1.29, 1.82) is 0 Å². The SMILES string of the molecule is CCCC(=O)CCCCCNC(=O)CN(CC(=O)NCCO[C@H]1O[C@@H](C)[C@@H](O)[C@@H](O)[C@@H]1O)CC(=O)NCCO[C@H]1O[C@@H](C)[C@@H](O)[C@@H](O)[C@@H]1O.CCNC(=O)CCCCCNC(=O)CN(CC(=O)NCCO[C@H]1O[C@@H](C)[C@@H](O)[C@@H](O)[C@@H]1O)CC(=O)NCCO[C@H]1O[C@@H](C)[C@@H](O)[C@@H](O)[C@@H]1O. The van der Waals surface area contributed by atoms with Crippen molar-refractivity contribution in [3.63, 3.8) is 0 Å². The smallest absolute Gasteiger partial charge is 0.234 e. The quantitative estimate of drug-likeness (QED) is 0.0252. The zero-order chi connectivity index (χ0) is 73.0. The summed E-state index contributed by atoms with van der Waals surface area (Å²) in [5, 5.41) is 138. The molecule has 37 nitrogen and oxygen atoms in total. The van der Waals surface area contributed by atoms with Crippen LogP contribution in [0.25, 0.3) is 0 Å². The summed E-state index contributed by atoms with van der Waals surface area (Å²) in [6.07, 6.45) is -18.6. The van der Waals surface area contributed by atoms with E-state index in [9.17, 15) is 99.6 Å². The highest BCUT2D eigenvalue weighted by molar-refractivity contribution is 5.85. The second-order valence-electron chi connectivity index (χ2n) is 24.5. The van der Waals surface area contributed by atoms with Gasteiger partial charge in [0.15, 0.2) is 25.2 Å². The van der Waals surface area contributed by atoms with Crippen LogP contribution in [0.1, 0.15) is 106 Å². The van der Waals surface area contributed by atoms with Crippen molar-refractivity contribution < 1.29 is 138 Å². The minimum absolute atomic E-state index is 0.0256. The molecule has 98 heavy (non-hydrogen) atoms. The number of aliphatic hydroxyl groups excluding tert-OH is 12. The van der Waals surface area contributed by atoms with Crippen molar-refractivity contribution in [1.82, 2.24) is 47.0 Å². The molecule has 0 aromatic heterocycles. The van der Waals surface area contributed by atoms with Crippen LogP contribution in [-0.2, 0) is 76.3 Å². The zero-order valence-corrected chi connectivity index (χ0v) is 56.9. The number of rotatable bonds is 43. The van der Waals surface area contributed by atoms with Crippen LogP contribution < -0.4 is 37.2 Å². The first-order chi connectivity index (χ1) is 46.5. The van der Waals surface area contributed by atoms with Crippen LogP contribution in [0.2, 0.25) is 0 Å². The Bertz CT molecular complexity index is 2100. The molecule has 568 valence electrons. The minimum atomic E-state index is -1.50. The van der Waals surface area contributed by atoms with Crippen LogP contribution in [0.4, 0.5) is 0 Å². The van der Waals surface area contributed by atoms with Gasteiger partial charge in [0, 0.05) is 65.1 Å². The molecule has 0 saturated carbocycles. The maximum Gasteiger partial charge on any atom is 0.234 e. The molecule has 4 rings (SSSR count). The lowest BCUT2D eigenvalue weighted by Crippen LogP contribution is -2.57. The Labute approximate surface area is 570 Å². The molecule has 20 atom stereocenters. The summed E-state index contributed by atoms with van der Waals surface area (Å²) in [6.45, 7) is 8.64. The monoisotopic (exact) mass is 1420 g/mol. The molecule has 0 spiro atoms. The van der Waals surface area contributed by atoms with Crippen LogP contribution in [0, 0.1) is 0 Å². The number of aliphatic hydroxyl groups is 12. The van der Waals surface area contributed by atoms with Crippen molar-refractivity contribution in [2.45, 2.75) is 229 Å². The third-order valence-corrected chi connectivity index (χ3v) is 16.0. The van der Waals surface area contributed by atoms with Gasteiger partial charge < -0.3 is 136 Å². The fourth-order valence-corrected chi connectivity index (χ4v) is 10.3. The number of carbonyl (C=O) groups is 8. The number of carbonyl (C=O) groups excluding carboxylic acids is 8. The van der Waals surface area contributed by atoms with Gasteiger partial charge >= 0.3 is 0 Å². The number of hydrogen-bond donors (Lipinski definition) is 19. The molecule has 4 aliphatic rings. The largest absolute Gasteiger partial charge is 0.388 e. The molecule has 0 aliphatic carbocycles. The average Bonchev–Trinajstić information content (AvgIpc) is 3.03. The third kappa shape index (κ3) is 32.4. The second-order valence-corrected chi connectivity index (χ2v) is 24.5. The van der Waals surface area contributed by atoms with Crippen LogP contribution in [-0.4, -0.2) is 353 Å². The third-order valence-electron chi connectivity index (χ3n) is 16.0. The molecule has 0 unspecified atom stereocenters. The van der Waals surface area contributed by atoms with Gasteiger partial charge in [-0.1, -0.05) is 19.8 Å². The summed E-state index contributed by atoms with van der Waals surface area (Å²) in [4.78, 5) is 102. The summed E-state index contributed by atoms with van der Waals surface area (Å²) in [7, 11) is 0. The molecule has 4 heterocycles. The average molecular weight is 1420 g/mol. The van der Waals surface area contributed by atoms with Crippen molar-refractivity contribution in [2.75, 3.05) is 112 Å². The highest BCUT2D eigenvalue weighted by atomic mass is 16.7. The predicted molar refractivity (Wildman–Crippen MR) is 340 cm³/mol. The lowest BCUT2D eigenvalue weighted by Gasteiger charge is -2.38. The molecule has 37 heteroatoms. The van der Waals surface area contributed by atoms with Crippen LogP contribution >= 0.6 is 0 Å².